The Labute approximate surface area is 110 Å². The van der Waals surface area contributed by atoms with Crippen LogP contribution >= 0.6 is 0 Å². The van der Waals surface area contributed by atoms with Crippen molar-refractivity contribution in [3.63, 3.8) is 0 Å². The van der Waals surface area contributed by atoms with E-state index in [1.165, 1.54) is 0 Å². The van der Waals surface area contributed by atoms with Gasteiger partial charge in [-0.2, -0.15) is 4.98 Å². The van der Waals surface area contributed by atoms with Gasteiger partial charge in [-0.05, 0) is 36.8 Å². The first-order valence-electron chi connectivity index (χ1n) is 5.85. The standard InChI is InChI=1S/C14H12N4O/c1-9-5-6-10(15)8-11(9)14-17-13(18-19-14)12-4-2-3-7-16-12/h2-8H,15H2,1H3. The summed E-state index contributed by atoms with van der Waals surface area (Å²) in [6.07, 6.45) is 1.69. The molecule has 0 aliphatic rings. The van der Waals surface area contributed by atoms with Crippen LogP contribution in [0, 0.1) is 6.92 Å². The number of rotatable bonds is 2. The van der Waals surface area contributed by atoms with Crippen LogP contribution in [0.15, 0.2) is 47.1 Å². The topological polar surface area (TPSA) is 77.8 Å². The summed E-state index contributed by atoms with van der Waals surface area (Å²) in [5, 5.41) is 3.94. The van der Waals surface area contributed by atoms with Crippen molar-refractivity contribution in [1.29, 1.82) is 0 Å². The number of benzene rings is 1. The average molecular weight is 252 g/mol. The second kappa shape index (κ2) is 4.53. The lowest BCUT2D eigenvalue weighted by molar-refractivity contribution is 0.432. The van der Waals surface area contributed by atoms with E-state index >= 15 is 0 Å². The molecule has 0 bridgehead atoms. The summed E-state index contributed by atoms with van der Waals surface area (Å²) in [7, 11) is 0. The number of hydrogen-bond acceptors (Lipinski definition) is 5. The van der Waals surface area contributed by atoms with Gasteiger partial charge in [0.15, 0.2) is 0 Å². The molecule has 0 spiro atoms. The van der Waals surface area contributed by atoms with Gasteiger partial charge in [0, 0.05) is 17.4 Å². The van der Waals surface area contributed by atoms with Crippen molar-refractivity contribution in [2.24, 2.45) is 0 Å². The predicted octanol–water partition coefficient (Wildman–Crippen LogP) is 2.69. The summed E-state index contributed by atoms with van der Waals surface area (Å²) in [4.78, 5) is 8.54. The van der Waals surface area contributed by atoms with E-state index in [0.717, 1.165) is 11.1 Å². The van der Waals surface area contributed by atoms with Crippen LogP contribution in [0.25, 0.3) is 23.0 Å². The Bertz CT molecular complexity index is 706. The molecule has 0 aliphatic heterocycles. The molecule has 0 saturated carbocycles. The SMILES string of the molecule is Cc1ccc(N)cc1-c1nc(-c2ccccn2)no1. The fourth-order valence-corrected chi connectivity index (χ4v) is 1.80. The molecule has 5 nitrogen and oxygen atoms in total. The zero-order chi connectivity index (χ0) is 13.2. The molecular weight excluding hydrogens is 240 g/mol. The fourth-order valence-electron chi connectivity index (χ4n) is 1.80. The van der Waals surface area contributed by atoms with Crippen molar-refractivity contribution >= 4 is 5.69 Å². The number of nitrogens with two attached hydrogens (primary N) is 1. The van der Waals surface area contributed by atoms with Gasteiger partial charge in [0.25, 0.3) is 5.89 Å². The van der Waals surface area contributed by atoms with E-state index in [0.29, 0.717) is 23.1 Å². The summed E-state index contributed by atoms with van der Waals surface area (Å²) in [6.45, 7) is 1.97. The Morgan fingerprint density at radius 3 is 2.84 bits per heavy atom. The molecule has 0 amide bonds. The zero-order valence-corrected chi connectivity index (χ0v) is 10.4. The van der Waals surface area contributed by atoms with Crippen LogP contribution in [0.4, 0.5) is 5.69 Å². The highest BCUT2D eigenvalue weighted by molar-refractivity contribution is 5.65. The monoisotopic (exact) mass is 252 g/mol. The van der Waals surface area contributed by atoms with Gasteiger partial charge in [-0.15, -0.1) is 0 Å². The van der Waals surface area contributed by atoms with E-state index in [9.17, 15) is 0 Å². The normalized spacial score (nSPS) is 10.6. The van der Waals surface area contributed by atoms with E-state index in [2.05, 4.69) is 15.1 Å². The number of aromatic nitrogens is 3. The van der Waals surface area contributed by atoms with Crippen LogP contribution < -0.4 is 5.73 Å². The third kappa shape index (κ3) is 2.18. The number of nitrogens with zero attached hydrogens (tertiary/aromatic N) is 3. The average Bonchev–Trinajstić information content (AvgIpc) is 2.92. The lowest BCUT2D eigenvalue weighted by atomic mass is 10.1. The summed E-state index contributed by atoms with van der Waals surface area (Å²) in [6, 6.07) is 11.1. The van der Waals surface area contributed by atoms with Crippen LogP contribution in [-0.2, 0) is 0 Å². The fraction of sp³-hybridized carbons (Fsp3) is 0.0714. The number of aryl methyl sites for hydroxylation is 1. The molecule has 3 aromatic rings. The minimum atomic E-state index is 0.449. The molecule has 5 heteroatoms. The maximum absolute atomic E-state index is 5.78. The Morgan fingerprint density at radius 1 is 1.16 bits per heavy atom. The highest BCUT2D eigenvalue weighted by Gasteiger charge is 2.13. The predicted molar refractivity (Wildman–Crippen MR) is 72.1 cm³/mol. The molecule has 94 valence electrons. The molecule has 2 aromatic heterocycles. The van der Waals surface area contributed by atoms with E-state index in [-0.39, 0.29) is 0 Å². The third-order valence-corrected chi connectivity index (χ3v) is 2.81. The maximum Gasteiger partial charge on any atom is 0.258 e. The van der Waals surface area contributed by atoms with Crippen LogP contribution in [0.3, 0.4) is 0 Å². The summed E-state index contributed by atoms with van der Waals surface area (Å²) in [5.74, 6) is 0.919. The molecule has 3 rings (SSSR count). The molecule has 19 heavy (non-hydrogen) atoms. The smallest absolute Gasteiger partial charge is 0.258 e. The summed E-state index contributed by atoms with van der Waals surface area (Å²) in [5.41, 5.74) is 9.00. The van der Waals surface area contributed by atoms with Crippen molar-refractivity contribution < 1.29 is 4.52 Å². The molecule has 0 unspecified atom stereocenters. The van der Waals surface area contributed by atoms with E-state index in [1.807, 2.05) is 43.3 Å². The summed E-state index contributed by atoms with van der Waals surface area (Å²) >= 11 is 0. The molecule has 0 fully saturated rings. The minimum Gasteiger partial charge on any atom is -0.399 e. The number of pyridine rings is 1. The van der Waals surface area contributed by atoms with Gasteiger partial charge < -0.3 is 10.3 Å². The molecule has 0 aliphatic carbocycles. The first kappa shape index (κ1) is 11.4. The quantitative estimate of drug-likeness (QED) is 0.709. The highest BCUT2D eigenvalue weighted by Crippen LogP contribution is 2.25. The highest BCUT2D eigenvalue weighted by atomic mass is 16.5. The van der Waals surface area contributed by atoms with Gasteiger partial charge in [-0.25, -0.2) is 0 Å². The molecule has 2 N–H and O–H groups in total. The second-order valence-corrected chi connectivity index (χ2v) is 4.21. The molecule has 0 radical (unpaired) electrons. The first-order chi connectivity index (χ1) is 9.24. The number of nitrogen functional groups attached to an aromatic ring is 1. The lowest BCUT2D eigenvalue weighted by Crippen LogP contribution is -1.89. The van der Waals surface area contributed by atoms with Crippen LogP contribution in [0.2, 0.25) is 0 Å². The molecule has 0 atom stereocenters. The van der Waals surface area contributed by atoms with E-state index in [4.69, 9.17) is 10.3 Å². The summed E-state index contributed by atoms with van der Waals surface area (Å²) < 4.78 is 5.28. The van der Waals surface area contributed by atoms with Gasteiger partial charge in [0.05, 0.1) is 0 Å². The van der Waals surface area contributed by atoms with Gasteiger partial charge >= 0.3 is 0 Å². The van der Waals surface area contributed by atoms with E-state index in [1.54, 1.807) is 6.20 Å². The first-order valence-corrected chi connectivity index (χ1v) is 5.85. The van der Waals surface area contributed by atoms with Crippen molar-refractivity contribution in [3.8, 4) is 23.0 Å². The molecule has 0 saturated heterocycles. The van der Waals surface area contributed by atoms with Crippen molar-refractivity contribution in [2.75, 3.05) is 5.73 Å². The van der Waals surface area contributed by atoms with Gasteiger partial charge in [-0.3, -0.25) is 4.98 Å². The Kier molecular flexibility index (Phi) is 2.72. The van der Waals surface area contributed by atoms with Crippen LogP contribution in [-0.4, -0.2) is 15.1 Å². The lowest BCUT2D eigenvalue weighted by Gasteiger charge is -2.01. The zero-order valence-electron chi connectivity index (χ0n) is 10.4. The molecule has 1 aromatic carbocycles. The number of anilines is 1. The van der Waals surface area contributed by atoms with Gasteiger partial charge in [0.2, 0.25) is 5.82 Å². The maximum atomic E-state index is 5.78. The largest absolute Gasteiger partial charge is 0.399 e. The van der Waals surface area contributed by atoms with Crippen LogP contribution in [0.5, 0.6) is 0 Å². The van der Waals surface area contributed by atoms with Gasteiger partial charge in [0.1, 0.15) is 5.69 Å². The van der Waals surface area contributed by atoms with E-state index < -0.39 is 0 Å². The molecular formula is C14H12N4O. The van der Waals surface area contributed by atoms with Gasteiger partial charge in [-0.1, -0.05) is 17.3 Å². The Morgan fingerprint density at radius 2 is 2.05 bits per heavy atom. The second-order valence-electron chi connectivity index (χ2n) is 4.21. The number of hydrogen-bond donors (Lipinski definition) is 1. The molecule has 2 heterocycles. The van der Waals surface area contributed by atoms with Crippen molar-refractivity contribution in [1.82, 2.24) is 15.1 Å². The Hall–Kier alpha value is -2.69. The third-order valence-electron chi connectivity index (χ3n) is 2.81. The van der Waals surface area contributed by atoms with Crippen molar-refractivity contribution in [3.05, 3.63) is 48.2 Å². The minimum absolute atomic E-state index is 0.449. The van der Waals surface area contributed by atoms with Crippen LogP contribution in [0.1, 0.15) is 5.56 Å². The van der Waals surface area contributed by atoms with Crippen molar-refractivity contribution in [2.45, 2.75) is 6.92 Å². The Balaban J connectivity index is 2.04.